The fraction of sp³-hybridized carbons (Fsp3) is 0.739. The minimum atomic E-state index is -0.216. The molecule has 0 spiro atoms. The summed E-state index contributed by atoms with van der Waals surface area (Å²) in [5, 5.41) is 0. The lowest BCUT2D eigenvalue weighted by molar-refractivity contribution is -0.153. The van der Waals surface area contributed by atoms with E-state index in [2.05, 4.69) is 13.2 Å². The molecule has 2 saturated carbocycles. The van der Waals surface area contributed by atoms with Crippen LogP contribution in [0, 0.1) is 11.8 Å². The Kier molecular flexibility index (Phi) is 10.7. The summed E-state index contributed by atoms with van der Waals surface area (Å²) < 4.78 is 21.6. The number of hydrogen-bond acceptors (Lipinski definition) is 6. The molecule has 0 bridgehead atoms. The minimum Gasteiger partial charge on any atom is -0.502 e. The van der Waals surface area contributed by atoms with Gasteiger partial charge in [0, 0.05) is 12.8 Å². The molecule has 0 atom stereocenters. The number of hydrogen-bond donors (Lipinski definition) is 0. The summed E-state index contributed by atoms with van der Waals surface area (Å²) in [5.41, 5.74) is 0. The third-order valence-corrected chi connectivity index (χ3v) is 5.85. The van der Waals surface area contributed by atoms with Crippen LogP contribution >= 0.6 is 0 Å². The van der Waals surface area contributed by atoms with E-state index in [0.717, 1.165) is 51.4 Å². The Labute approximate surface area is 174 Å². The lowest BCUT2D eigenvalue weighted by Crippen LogP contribution is -2.26. The highest BCUT2D eigenvalue weighted by molar-refractivity contribution is 5.72. The van der Waals surface area contributed by atoms with Gasteiger partial charge in [-0.2, -0.15) is 0 Å². The number of rotatable bonds is 12. The molecule has 2 aliphatic rings. The maximum absolute atomic E-state index is 12.0. The molecule has 0 amide bonds. The van der Waals surface area contributed by atoms with Gasteiger partial charge in [0.1, 0.15) is 12.2 Å². The first kappa shape index (κ1) is 23.3. The average molecular weight is 409 g/mol. The maximum Gasteiger partial charge on any atom is 0.306 e. The second-order valence-corrected chi connectivity index (χ2v) is 8.12. The van der Waals surface area contributed by atoms with Crippen molar-refractivity contribution >= 4 is 11.9 Å². The molecule has 0 aromatic rings. The molecule has 6 heteroatoms. The van der Waals surface area contributed by atoms with Crippen LogP contribution in [0.3, 0.4) is 0 Å². The van der Waals surface area contributed by atoms with Gasteiger partial charge in [-0.25, -0.2) is 0 Å². The van der Waals surface area contributed by atoms with Gasteiger partial charge in [0.2, 0.25) is 0 Å². The third-order valence-electron chi connectivity index (χ3n) is 5.85. The second kappa shape index (κ2) is 13.3. The molecular formula is C23H36O6. The van der Waals surface area contributed by atoms with E-state index in [1.54, 1.807) is 0 Å². The second-order valence-electron chi connectivity index (χ2n) is 8.12. The Morgan fingerprint density at radius 3 is 1.41 bits per heavy atom. The van der Waals surface area contributed by atoms with E-state index >= 15 is 0 Å². The Morgan fingerprint density at radius 1 is 0.690 bits per heavy atom. The summed E-state index contributed by atoms with van der Waals surface area (Å²) in [4.78, 5) is 24.1. The van der Waals surface area contributed by atoms with Gasteiger partial charge in [-0.1, -0.05) is 13.2 Å². The van der Waals surface area contributed by atoms with E-state index in [-0.39, 0.29) is 37.0 Å². The molecule has 0 aromatic carbocycles. The van der Waals surface area contributed by atoms with Crippen LogP contribution in [-0.2, 0) is 28.5 Å². The average Bonchev–Trinajstić information content (AvgIpc) is 2.72. The summed E-state index contributed by atoms with van der Waals surface area (Å²) in [6.07, 6.45) is 11.4. The standard InChI is InChI=1S/C23H36O6/c1-3-26-16-18-8-12-20(13-9-18)28-22(24)6-5-7-23(25)29-21-14-10-19(11-15-21)17-27-4-2/h3-4,18-21H,1-2,5-17H2. The highest BCUT2D eigenvalue weighted by Crippen LogP contribution is 2.28. The van der Waals surface area contributed by atoms with Crippen LogP contribution in [-0.4, -0.2) is 37.4 Å². The molecule has 6 nitrogen and oxygen atoms in total. The molecule has 2 fully saturated rings. The molecule has 0 saturated heterocycles. The smallest absolute Gasteiger partial charge is 0.306 e. The van der Waals surface area contributed by atoms with E-state index in [1.165, 1.54) is 12.5 Å². The van der Waals surface area contributed by atoms with Gasteiger partial charge in [0.05, 0.1) is 25.7 Å². The van der Waals surface area contributed by atoms with E-state index < -0.39 is 0 Å². The van der Waals surface area contributed by atoms with Crippen LogP contribution in [0.4, 0.5) is 0 Å². The molecule has 0 aromatic heterocycles. The normalized spacial score (nSPS) is 26.8. The molecule has 2 aliphatic carbocycles. The molecular weight excluding hydrogens is 372 g/mol. The topological polar surface area (TPSA) is 71.1 Å². The summed E-state index contributed by atoms with van der Waals surface area (Å²) >= 11 is 0. The Balaban J connectivity index is 1.51. The Morgan fingerprint density at radius 2 is 1.07 bits per heavy atom. The highest BCUT2D eigenvalue weighted by atomic mass is 16.5. The van der Waals surface area contributed by atoms with Crippen molar-refractivity contribution in [2.75, 3.05) is 13.2 Å². The van der Waals surface area contributed by atoms with E-state index in [4.69, 9.17) is 18.9 Å². The van der Waals surface area contributed by atoms with Crippen LogP contribution < -0.4 is 0 Å². The van der Waals surface area contributed by atoms with Gasteiger partial charge >= 0.3 is 11.9 Å². The largest absolute Gasteiger partial charge is 0.502 e. The zero-order valence-electron chi connectivity index (χ0n) is 17.5. The number of carbonyl (C=O) groups excluding carboxylic acids is 2. The zero-order chi connectivity index (χ0) is 20.9. The molecule has 2 rings (SSSR count). The molecule has 0 heterocycles. The van der Waals surface area contributed by atoms with Crippen molar-refractivity contribution in [3.05, 3.63) is 25.7 Å². The fourth-order valence-electron chi connectivity index (χ4n) is 4.11. The van der Waals surface area contributed by atoms with Crippen molar-refractivity contribution in [2.24, 2.45) is 11.8 Å². The third kappa shape index (κ3) is 9.37. The summed E-state index contributed by atoms with van der Waals surface area (Å²) in [5.74, 6) is 0.599. The van der Waals surface area contributed by atoms with Crippen LogP contribution in [0.5, 0.6) is 0 Å². The monoisotopic (exact) mass is 408 g/mol. The van der Waals surface area contributed by atoms with Crippen molar-refractivity contribution in [2.45, 2.75) is 82.8 Å². The number of ether oxygens (including phenoxy) is 4. The predicted molar refractivity (Wildman–Crippen MR) is 110 cm³/mol. The van der Waals surface area contributed by atoms with Gasteiger partial charge in [-0.15, -0.1) is 0 Å². The summed E-state index contributed by atoms with van der Waals surface area (Å²) in [6, 6.07) is 0. The molecule has 0 radical (unpaired) electrons. The van der Waals surface area contributed by atoms with Crippen LogP contribution in [0.25, 0.3) is 0 Å². The van der Waals surface area contributed by atoms with Gasteiger partial charge in [-0.05, 0) is 69.6 Å². The summed E-state index contributed by atoms with van der Waals surface area (Å²) in [6.45, 7) is 8.49. The van der Waals surface area contributed by atoms with E-state index in [1.807, 2.05) is 0 Å². The minimum absolute atomic E-state index is 0.00492. The summed E-state index contributed by atoms with van der Waals surface area (Å²) in [7, 11) is 0. The molecule has 0 unspecified atom stereocenters. The zero-order valence-corrected chi connectivity index (χ0v) is 17.5. The molecule has 29 heavy (non-hydrogen) atoms. The lowest BCUT2D eigenvalue weighted by Gasteiger charge is -2.28. The Bertz CT molecular complexity index is 469. The molecule has 0 N–H and O–H groups in total. The SMILES string of the molecule is C=COCC1CCC(OC(=O)CCCC(=O)OC2CCC(COC=C)CC2)CC1. The van der Waals surface area contributed by atoms with Crippen molar-refractivity contribution < 1.29 is 28.5 Å². The first-order valence-corrected chi connectivity index (χ1v) is 10.9. The number of carbonyl (C=O) groups is 2. The van der Waals surface area contributed by atoms with Crippen LogP contribution in [0.2, 0.25) is 0 Å². The maximum atomic E-state index is 12.0. The van der Waals surface area contributed by atoms with Gasteiger partial charge < -0.3 is 18.9 Å². The van der Waals surface area contributed by atoms with E-state index in [0.29, 0.717) is 31.5 Å². The number of esters is 2. The van der Waals surface area contributed by atoms with Crippen LogP contribution in [0.15, 0.2) is 25.7 Å². The Hall–Kier alpha value is -1.98. The van der Waals surface area contributed by atoms with Crippen molar-refractivity contribution in [1.82, 2.24) is 0 Å². The van der Waals surface area contributed by atoms with Gasteiger partial charge in [0.25, 0.3) is 0 Å². The first-order chi connectivity index (χ1) is 14.1. The predicted octanol–water partition coefficient (Wildman–Crippen LogP) is 4.68. The lowest BCUT2D eigenvalue weighted by atomic mass is 9.88. The van der Waals surface area contributed by atoms with Crippen molar-refractivity contribution in [3.8, 4) is 0 Å². The highest BCUT2D eigenvalue weighted by Gasteiger charge is 2.25. The van der Waals surface area contributed by atoms with Crippen LogP contribution in [0.1, 0.15) is 70.6 Å². The van der Waals surface area contributed by atoms with Gasteiger partial charge in [0.15, 0.2) is 0 Å². The van der Waals surface area contributed by atoms with Gasteiger partial charge in [-0.3, -0.25) is 9.59 Å². The van der Waals surface area contributed by atoms with Crippen molar-refractivity contribution in [1.29, 1.82) is 0 Å². The fourth-order valence-corrected chi connectivity index (χ4v) is 4.11. The first-order valence-electron chi connectivity index (χ1n) is 10.9. The van der Waals surface area contributed by atoms with Crippen molar-refractivity contribution in [3.63, 3.8) is 0 Å². The quantitative estimate of drug-likeness (QED) is 0.345. The van der Waals surface area contributed by atoms with E-state index in [9.17, 15) is 9.59 Å². The molecule has 0 aliphatic heterocycles. The molecule has 164 valence electrons.